The van der Waals surface area contributed by atoms with Gasteiger partial charge in [-0.1, -0.05) is 18.2 Å². The van der Waals surface area contributed by atoms with Crippen molar-refractivity contribution in [2.24, 2.45) is 0 Å². The lowest BCUT2D eigenvalue weighted by atomic mass is 10.1. The van der Waals surface area contributed by atoms with Crippen molar-refractivity contribution in [3.8, 4) is 6.07 Å². The molecule has 2 atom stereocenters. The summed E-state index contributed by atoms with van der Waals surface area (Å²) < 4.78 is 0. The highest BCUT2D eigenvalue weighted by atomic mass is 16.3. The molecule has 0 radical (unpaired) electrons. The van der Waals surface area contributed by atoms with Gasteiger partial charge in [-0.05, 0) is 26.3 Å². The third kappa shape index (κ3) is 2.98. The SMILES string of the molecule is CC(O)CC(C)Nc1c(C#N)nnc2ccccc12. The first-order chi connectivity index (χ1) is 9.11. The number of aromatic nitrogens is 2. The number of rotatable bonds is 4. The van der Waals surface area contributed by atoms with Gasteiger partial charge in [-0.25, -0.2) is 0 Å². The number of nitrogens with zero attached hydrogens (tertiary/aromatic N) is 3. The smallest absolute Gasteiger partial charge is 0.186 e. The molecule has 2 aromatic rings. The molecular weight excluding hydrogens is 240 g/mol. The second-order valence-corrected chi connectivity index (χ2v) is 4.68. The summed E-state index contributed by atoms with van der Waals surface area (Å²) in [5.41, 5.74) is 1.70. The van der Waals surface area contributed by atoms with Gasteiger partial charge in [0.05, 0.1) is 17.3 Å². The van der Waals surface area contributed by atoms with E-state index >= 15 is 0 Å². The maximum atomic E-state index is 9.41. The number of aliphatic hydroxyl groups is 1. The van der Waals surface area contributed by atoms with Crippen molar-refractivity contribution in [2.45, 2.75) is 32.4 Å². The number of nitriles is 1. The predicted molar refractivity (Wildman–Crippen MR) is 73.6 cm³/mol. The molecule has 0 fully saturated rings. The Balaban J connectivity index is 2.42. The van der Waals surface area contributed by atoms with Gasteiger partial charge in [0.1, 0.15) is 6.07 Å². The summed E-state index contributed by atoms with van der Waals surface area (Å²) in [6.45, 7) is 3.70. The van der Waals surface area contributed by atoms with Crippen molar-refractivity contribution >= 4 is 16.6 Å². The number of nitrogens with one attached hydrogen (secondary N) is 1. The van der Waals surface area contributed by atoms with Crippen LogP contribution in [-0.2, 0) is 0 Å². The molecule has 5 nitrogen and oxygen atoms in total. The molecule has 0 spiro atoms. The third-order valence-corrected chi connectivity index (χ3v) is 2.86. The number of hydrogen-bond acceptors (Lipinski definition) is 5. The quantitative estimate of drug-likeness (QED) is 0.875. The first-order valence-electron chi connectivity index (χ1n) is 6.22. The Hall–Kier alpha value is -2.19. The first-order valence-corrected chi connectivity index (χ1v) is 6.22. The monoisotopic (exact) mass is 256 g/mol. The molecule has 1 heterocycles. The van der Waals surface area contributed by atoms with E-state index in [-0.39, 0.29) is 11.7 Å². The molecular formula is C14H16N4O. The summed E-state index contributed by atoms with van der Waals surface area (Å²) >= 11 is 0. The highest BCUT2D eigenvalue weighted by molar-refractivity contribution is 5.92. The van der Waals surface area contributed by atoms with E-state index in [1.165, 1.54) is 0 Å². The summed E-state index contributed by atoms with van der Waals surface area (Å²) in [7, 11) is 0. The molecule has 0 aliphatic carbocycles. The van der Waals surface area contributed by atoms with Crippen molar-refractivity contribution < 1.29 is 5.11 Å². The van der Waals surface area contributed by atoms with E-state index < -0.39 is 6.10 Å². The van der Waals surface area contributed by atoms with Crippen molar-refractivity contribution in [1.82, 2.24) is 10.2 Å². The lowest BCUT2D eigenvalue weighted by molar-refractivity contribution is 0.179. The fraction of sp³-hybridized carbons (Fsp3) is 0.357. The Bertz CT molecular complexity index is 618. The van der Waals surface area contributed by atoms with Crippen LogP contribution in [0.2, 0.25) is 0 Å². The van der Waals surface area contributed by atoms with Crippen LogP contribution in [0.5, 0.6) is 0 Å². The first kappa shape index (κ1) is 13.2. The maximum Gasteiger partial charge on any atom is 0.186 e. The van der Waals surface area contributed by atoms with Gasteiger partial charge in [0, 0.05) is 11.4 Å². The highest BCUT2D eigenvalue weighted by Gasteiger charge is 2.13. The van der Waals surface area contributed by atoms with E-state index in [2.05, 4.69) is 15.5 Å². The summed E-state index contributed by atoms with van der Waals surface area (Å²) in [6.07, 6.45) is 0.204. The van der Waals surface area contributed by atoms with Crippen LogP contribution in [0, 0.1) is 11.3 Å². The van der Waals surface area contributed by atoms with Gasteiger partial charge in [-0.2, -0.15) is 5.26 Å². The largest absolute Gasteiger partial charge is 0.393 e. The van der Waals surface area contributed by atoms with E-state index in [0.717, 1.165) is 10.9 Å². The standard InChI is InChI=1S/C14H16N4O/c1-9(7-10(2)19)16-14-11-5-3-4-6-12(11)17-18-13(14)8-15/h3-6,9-10,19H,7H2,1-2H3,(H,16,17). The molecule has 0 amide bonds. The molecule has 0 saturated heterocycles. The molecule has 0 saturated carbocycles. The fourth-order valence-corrected chi connectivity index (χ4v) is 2.10. The number of aliphatic hydroxyl groups excluding tert-OH is 1. The van der Waals surface area contributed by atoms with E-state index in [1.54, 1.807) is 6.92 Å². The van der Waals surface area contributed by atoms with Gasteiger partial charge in [-0.3, -0.25) is 0 Å². The second kappa shape index (κ2) is 5.63. The van der Waals surface area contributed by atoms with E-state index in [4.69, 9.17) is 5.26 Å². The Morgan fingerprint density at radius 1 is 1.32 bits per heavy atom. The van der Waals surface area contributed by atoms with Crippen LogP contribution in [0.25, 0.3) is 10.9 Å². The molecule has 0 aliphatic heterocycles. The number of hydrogen-bond donors (Lipinski definition) is 2. The van der Waals surface area contributed by atoms with Crippen LogP contribution in [0.15, 0.2) is 24.3 Å². The predicted octanol–water partition coefficient (Wildman–Crippen LogP) is 2.07. The molecule has 0 aliphatic rings. The summed E-state index contributed by atoms with van der Waals surface area (Å²) in [4.78, 5) is 0. The van der Waals surface area contributed by atoms with Gasteiger partial charge in [0.2, 0.25) is 0 Å². The number of benzene rings is 1. The van der Waals surface area contributed by atoms with Crippen LogP contribution in [-0.4, -0.2) is 27.4 Å². The van der Waals surface area contributed by atoms with Gasteiger partial charge in [-0.15, -0.1) is 10.2 Å². The van der Waals surface area contributed by atoms with Gasteiger partial charge in [0.15, 0.2) is 5.69 Å². The van der Waals surface area contributed by atoms with E-state index in [0.29, 0.717) is 12.1 Å². The molecule has 5 heteroatoms. The average Bonchev–Trinajstić information content (AvgIpc) is 2.38. The molecule has 2 rings (SSSR count). The normalized spacial score (nSPS) is 13.8. The molecule has 1 aromatic carbocycles. The minimum Gasteiger partial charge on any atom is -0.393 e. The van der Waals surface area contributed by atoms with Crippen LogP contribution in [0.3, 0.4) is 0 Å². The highest BCUT2D eigenvalue weighted by Crippen LogP contribution is 2.24. The van der Waals surface area contributed by atoms with Gasteiger partial charge < -0.3 is 10.4 Å². The lowest BCUT2D eigenvalue weighted by Crippen LogP contribution is -2.21. The zero-order valence-electron chi connectivity index (χ0n) is 11.0. The summed E-state index contributed by atoms with van der Waals surface area (Å²) in [5, 5.41) is 30.6. The number of anilines is 1. The molecule has 2 N–H and O–H groups in total. The fourth-order valence-electron chi connectivity index (χ4n) is 2.10. The molecule has 2 unspecified atom stereocenters. The van der Waals surface area contributed by atoms with E-state index in [1.807, 2.05) is 37.3 Å². The Labute approximate surface area is 111 Å². The number of fused-ring (bicyclic) bond motifs is 1. The van der Waals surface area contributed by atoms with Crippen molar-refractivity contribution in [1.29, 1.82) is 5.26 Å². The third-order valence-electron chi connectivity index (χ3n) is 2.86. The Morgan fingerprint density at radius 2 is 2.05 bits per heavy atom. The van der Waals surface area contributed by atoms with Crippen molar-refractivity contribution in [3.05, 3.63) is 30.0 Å². The zero-order chi connectivity index (χ0) is 13.8. The molecule has 19 heavy (non-hydrogen) atoms. The lowest BCUT2D eigenvalue weighted by Gasteiger charge is -2.18. The van der Waals surface area contributed by atoms with Crippen LogP contribution >= 0.6 is 0 Å². The van der Waals surface area contributed by atoms with Crippen LogP contribution in [0.1, 0.15) is 26.0 Å². The average molecular weight is 256 g/mol. The van der Waals surface area contributed by atoms with E-state index in [9.17, 15) is 5.11 Å². The summed E-state index contributed by atoms with van der Waals surface area (Å²) in [5.74, 6) is 0. The summed E-state index contributed by atoms with van der Waals surface area (Å²) in [6, 6.07) is 9.63. The molecule has 1 aromatic heterocycles. The maximum absolute atomic E-state index is 9.41. The molecule has 0 bridgehead atoms. The minimum absolute atomic E-state index is 0.0414. The van der Waals surface area contributed by atoms with Crippen LogP contribution in [0.4, 0.5) is 5.69 Å². The topological polar surface area (TPSA) is 81.8 Å². The Morgan fingerprint density at radius 3 is 2.74 bits per heavy atom. The second-order valence-electron chi connectivity index (χ2n) is 4.68. The van der Waals surface area contributed by atoms with Crippen molar-refractivity contribution in [3.63, 3.8) is 0 Å². The zero-order valence-corrected chi connectivity index (χ0v) is 11.0. The Kier molecular flexibility index (Phi) is 3.93. The van der Waals surface area contributed by atoms with Crippen LogP contribution < -0.4 is 5.32 Å². The minimum atomic E-state index is -0.394. The van der Waals surface area contributed by atoms with Gasteiger partial charge in [0.25, 0.3) is 0 Å². The van der Waals surface area contributed by atoms with Crippen molar-refractivity contribution in [2.75, 3.05) is 5.32 Å². The van der Waals surface area contributed by atoms with Gasteiger partial charge >= 0.3 is 0 Å². The molecule has 98 valence electrons.